The maximum Gasteiger partial charge on any atom is 0.338 e. The third-order valence-electron chi connectivity index (χ3n) is 5.71. The first-order chi connectivity index (χ1) is 19.1. The second-order valence-corrected chi connectivity index (χ2v) is 11.7. The fraction of sp³-hybridized carbons (Fsp3) is 0.294. The lowest BCUT2D eigenvalue weighted by Crippen LogP contribution is -2.29. The number of carbonyl (C=O) groups is 2. The molecule has 7 nitrogen and oxygen atoms in total. The number of aromatic nitrogens is 2. The molecule has 0 spiro atoms. The van der Waals surface area contributed by atoms with Gasteiger partial charge in [0.15, 0.2) is 6.20 Å². The first-order valence-electron chi connectivity index (χ1n) is 13.4. The summed E-state index contributed by atoms with van der Waals surface area (Å²) in [5.41, 5.74) is 4.93. The van der Waals surface area contributed by atoms with Gasteiger partial charge in [-0.2, -0.15) is 4.73 Å². The molecule has 2 heterocycles. The second kappa shape index (κ2) is 12.8. The van der Waals surface area contributed by atoms with Gasteiger partial charge in [0.2, 0.25) is 5.69 Å². The van der Waals surface area contributed by atoms with Crippen LogP contribution in [0.4, 0.5) is 0 Å². The summed E-state index contributed by atoms with van der Waals surface area (Å²) in [5, 5.41) is 12.0. The molecule has 2 aromatic carbocycles. The van der Waals surface area contributed by atoms with Crippen molar-refractivity contribution < 1.29 is 23.8 Å². The molecule has 0 saturated heterocycles. The Kier molecular flexibility index (Phi) is 9.66. The molecule has 0 radical (unpaired) electrons. The molecule has 0 aliphatic heterocycles. The van der Waals surface area contributed by atoms with Crippen molar-refractivity contribution in [2.24, 2.45) is 0 Å². The van der Waals surface area contributed by atoms with Crippen molar-refractivity contribution in [2.75, 3.05) is 0 Å². The van der Waals surface area contributed by atoms with Crippen LogP contribution in [0.5, 0.6) is 0 Å². The van der Waals surface area contributed by atoms with Gasteiger partial charge in [-0.1, -0.05) is 24.3 Å². The summed E-state index contributed by atoms with van der Waals surface area (Å²) in [6, 6.07) is 21.8. The highest BCUT2D eigenvalue weighted by Crippen LogP contribution is 2.23. The van der Waals surface area contributed by atoms with Gasteiger partial charge in [-0.15, -0.1) is 0 Å². The Labute approximate surface area is 242 Å². The van der Waals surface area contributed by atoms with Crippen molar-refractivity contribution in [3.63, 3.8) is 0 Å². The van der Waals surface area contributed by atoms with Crippen LogP contribution in [0.1, 0.15) is 73.4 Å². The molecule has 7 heteroatoms. The maximum absolute atomic E-state index is 12.1. The SMILES string of the molecule is Cc1ccc[n+]([O-])c1-c1cccc(C(=O)OC(C)(C)C)c1.Cc1cccnc1-c1cccc(C(=O)OC(C)(C)C)c1. The minimum atomic E-state index is -0.547. The summed E-state index contributed by atoms with van der Waals surface area (Å²) < 4.78 is 11.5. The third-order valence-corrected chi connectivity index (χ3v) is 5.71. The van der Waals surface area contributed by atoms with Crippen molar-refractivity contribution in [1.82, 2.24) is 4.98 Å². The van der Waals surface area contributed by atoms with E-state index in [1.54, 1.807) is 36.5 Å². The Bertz CT molecular complexity index is 1510. The van der Waals surface area contributed by atoms with Crippen LogP contribution in [0.25, 0.3) is 22.5 Å². The van der Waals surface area contributed by atoms with E-state index in [1.165, 1.54) is 6.20 Å². The molecule has 0 atom stereocenters. The number of pyridine rings is 2. The molecule has 0 aliphatic carbocycles. The van der Waals surface area contributed by atoms with Gasteiger partial charge >= 0.3 is 11.9 Å². The fourth-order valence-electron chi connectivity index (χ4n) is 4.00. The largest absolute Gasteiger partial charge is 0.618 e. The zero-order valence-corrected chi connectivity index (χ0v) is 25.0. The Morgan fingerprint density at radius 3 is 1.73 bits per heavy atom. The first kappa shape index (κ1) is 31.0. The molecule has 0 aliphatic rings. The number of hydrogen-bond acceptors (Lipinski definition) is 6. The predicted octanol–water partition coefficient (Wildman–Crippen LogP) is 7.26. The standard InChI is InChI=1S/C17H19NO3.C17H19NO2/c1-12-7-6-10-18(20)15(12)13-8-5-9-14(11-13)16(19)21-17(2,3)4;1-12-7-6-10-18-15(12)13-8-5-9-14(11-13)16(19)20-17(2,3)4/h5-11H,1-4H3;5-11H,1-4H3. The van der Waals surface area contributed by atoms with E-state index in [9.17, 15) is 14.8 Å². The van der Waals surface area contributed by atoms with Crippen LogP contribution in [-0.4, -0.2) is 28.1 Å². The molecule has 0 N–H and O–H groups in total. The van der Waals surface area contributed by atoms with E-state index in [0.717, 1.165) is 27.1 Å². The average molecular weight is 555 g/mol. The molecular weight excluding hydrogens is 516 g/mol. The van der Waals surface area contributed by atoms with Gasteiger partial charge in [-0.25, -0.2) is 9.59 Å². The molecule has 41 heavy (non-hydrogen) atoms. The molecule has 2 aromatic heterocycles. The topological polar surface area (TPSA) is 92.4 Å². The van der Waals surface area contributed by atoms with E-state index in [0.29, 0.717) is 22.4 Å². The number of hydrogen-bond donors (Lipinski definition) is 0. The highest BCUT2D eigenvalue weighted by molar-refractivity contribution is 5.91. The number of rotatable bonds is 4. The van der Waals surface area contributed by atoms with Crippen LogP contribution < -0.4 is 4.73 Å². The van der Waals surface area contributed by atoms with Gasteiger partial charge in [-0.05, 0) is 103 Å². The summed E-state index contributed by atoms with van der Waals surface area (Å²) >= 11 is 0. The van der Waals surface area contributed by atoms with Crippen LogP contribution in [0, 0.1) is 19.1 Å². The summed E-state index contributed by atoms with van der Waals surface area (Å²) in [7, 11) is 0. The zero-order valence-electron chi connectivity index (χ0n) is 25.0. The first-order valence-corrected chi connectivity index (χ1v) is 13.4. The summed E-state index contributed by atoms with van der Waals surface area (Å²) in [4.78, 5) is 28.6. The van der Waals surface area contributed by atoms with Crippen LogP contribution in [0.15, 0.2) is 85.2 Å². The summed E-state index contributed by atoms with van der Waals surface area (Å²) in [6.07, 6.45) is 3.20. The molecule has 0 bridgehead atoms. The van der Waals surface area contributed by atoms with Crippen molar-refractivity contribution in [3.05, 3.63) is 113 Å². The molecule has 0 fully saturated rings. The lowest BCUT2D eigenvalue weighted by molar-refractivity contribution is -0.594. The lowest BCUT2D eigenvalue weighted by Gasteiger charge is -2.19. The Balaban J connectivity index is 0.000000226. The average Bonchev–Trinajstić information content (AvgIpc) is 2.88. The van der Waals surface area contributed by atoms with Gasteiger partial charge in [-0.3, -0.25) is 4.98 Å². The molecule has 0 unspecified atom stereocenters. The van der Waals surface area contributed by atoms with E-state index < -0.39 is 17.2 Å². The quantitative estimate of drug-likeness (QED) is 0.150. The van der Waals surface area contributed by atoms with Crippen molar-refractivity contribution in [2.45, 2.75) is 66.6 Å². The van der Waals surface area contributed by atoms with Crippen LogP contribution >= 0.6 is 0 Å². The van der Waals surface area contributed by atoms with Gasteiger partial charge in [0.25, 0.3) is 0 Å². The molecule has 0 amide bonds. The van der Waals surface area contributed by atoms with Crippen LogP contribution in [0.3, 0.4) is 0 Å². The van der Waals surface area contributed by atoms with E-state index in [4.69, 9.17) is 9.47 Å². The zero-order chi connectivity index (χ0) is 30.4. The number of ether oxygens (including phenoxy) is 2. The molecule has 214 valence electrons. The number of esters is 2. The Morgan fingerprint density at radius 1 is 0.707 bits per heavy atom. The van der Waals surface area contributed by atoms with E-state index in [2.05, 4.69) is 4.98 Å². The van der Waals surface area contributed by atoms with E-state index >= 15 is 0 Å². The van der Waals surface area contributed by atoms with Crippen molar-refractivity contribution in [1.29, 1.82) is 0 Å². The maximum atomic E-state index is 12.1. The molecule has 4 aromatic rings. The van der Waals surface area contributed by atoms with Gasteiger partial charge < -0.3 is 14.7 Å². The lowest BCUT2D eigenvalue weighted by atomic mass is 10.0. The highest BCUT2D eigenvalue weighted by Gasteiger charge is 2.20. The van der Waals surface area contributed by atoms with Crippen molar-refractivity contribution in [3.8, 4) is 22.5 Å². The van der Waals surface area contributed by atoms with Crippen LogP contribution in [-0.2, 0) is 9.47 Å². The smallest absolute Gasteiger partial charge is 0.338 e. The third kappa shape index (κ3) is 9.00. The number of carbonyl (C=O) groups excluding carboxylic acids is 2. The number of aryl methyl sites for hydroxylation is 2. The summed E-state index contributed by atoms with van der Waals surface area (Å²) in [5.74, 6) is -0.705. The van der Waals surface area contributed by atoms with Crippen LogP contribution in [0.2, 0.25) is 0 Å². The number of nitrogens with zero attached hydrogens (tertiary/aromatic N) is 2. The van der Waals surface area contributed by atoms with E-state index in [1.807, 2.05) is 97.9 Å². The van der Waals surface area contributed by atoms with Gasteiger partial charge in [0.05, 0.1) is 16.8 Å². The predicted molar refractivity (Wildman–Crippen MR) is 160 cm³/mol. The molecule has 0 saturated carbocycles. The second-order valence-electron chi connectivity index (χ2n) is 11.7. The minimum Gasteiger partial charge on any atom is -0.618 e. The Hall–Kier alpha value is -4.52. The highest BCUT2D eigenvalue weighted by atomic mass is 16.6. The van der Waals surface area contributed by atoms with Gasteiger partial charge in [0, 0.05) is 29.0 Å². The molecular formula is C34H38N2O5. The Morgan fingerprint density at radius 2 is 1.22 bits per heavy atom. The fourth-order valence-corrected chi connectivity index (χ4v) is 4.00. The van der Waals surface area contributed by atoms with Gasteiger partial charge in [0.1, 0.15) is 11.2 Å². The summed E-state index contributed by atoms with van der Waals surface area (Å²) in [6.45, 7) is 14.9. The van der Waals surface area contributed by atoms with E-state index in [-0.39, 0.29) is 5.97 Å². The number of benzene rings is 2. The monoisotopic (exact) mass is 554 g/mol. The molecule has 4 rings (SSSR count). The normalized spacial score (nSPS) is 11.2. The van der Waals surface area contributed by atoms with Crippen molar-refractivity contribution >= 4 is 11.9 Å². The minimum absolute atomic E-state index is 0.312.